The lowest BCUT2D eigenvalue weighted by Gasteiger charge is -2.06. The van der Waals surface area contributed by atoms with E-state index in [1.807, 2.05) is 6.92 Å². The summed E-state index contributed by atoms with van der Waals surface area (Å²) >= 11 is 2.81. The first kappa shape index (κ1) is 14.4. The molecule has 0 spiro atoms. The SMILES string of the molecule is Cc1nsnc1CSCC(=O)NCCC(C)C. The number of hydrogen-bond donors (Lipinski definition) is 1. The summed E-state index contributed by atoms with van der Waals surface area (Å²) in [6, 6.07) is 0. The first-order chi connectivity index (χ1) is 8.09. The van der Waals surface area contributed by atoms with Crippen molar-refractivity contribution in [3.8, 4) is 0 Å². The maximum Gasteiger partial charge on any atom is 0.230 e. The van der Waals surface area contributed by atoms with Crippen molar-refractivity contribution in [2.24, 2.45) is 5.92 Å². The van der Waals surface area contributed by atoms with Crippen LogP contribution in [0.15, 0.2) is 0 Å². The van der Waals surface area contributed by atoms with Gasteiger partial charge in [0, 0.05) is 12.3 Å². The zero-order valence-corrected chi connectivity index (χ0v) is 12.2. The second kappa shape index (κ2) is 7.66. The number of nitrogens with zero attached hydrogens (tertiary/aromatic N) is 2. The van der Waals surface area contributed by atoms with Crippen LogP contribution in [0.2, 0.25) is 0 Å². The molecule has 0 aliphatic rings. The fourth-order valence-corrected chi connectivity index (χ4v) is 2.67. The number of rotatable bonds is 7. The van der Waals surface area contributed by atoms with Crippen LogP contribution in [0.1, 0.15) is 31.7 Å². The molecule has 1 aromatic rings. The van der Waals surface area contributed by atoms with Gasteiger partial charge in [-0.3, -0.25) is 4.79 Å². The summed E-state index contributed by atoms with van der Waals surface area (Å²) in [7, 11) is 0. The first-order valence-corrected chi connectivity index (χ1v) is 7.60. The average molecular weight is 273 g/mol. The quantitative estimate of drug-likeness (QED) is 0.828. The fourth-order valence-electron chi connectivity index (χ4n) is 1.17. The second-order valence-corrected chi connectivity index (χ2v) is 5.84. The van der Waals surface area contributed by atoms with Gasteiger partial charge in [-0.05, 0) is 19.3 Å². The van der Waals surface area contributed by atoms with E-state index in [2.05, 4.69) is 27.9 Å². The molecular weight excluding hydrogens is 254 g/mol. The summed E-state index contributed by atoms with van der Waals surface area (Å²) in [5.74, 6) is 2.00. The standard InChI is InChI=1S/C11H19N3OS2/c1-8(2)4-5-12-11(15)7-16-6-10-9(3)13-17-14-10/h8H,4-7H2,1-3H3,(H,12,15). The van der Waals surface area contributed by atoms with E-state index in [0.717, 1.165) is 30.1 Å². The van der Waals surface area contributed by atoms with E-state index in [-0.39, 0.29) is 5.91 Å². The molecule has 4 nitrogen and oxygen atoms in total. The van der Waals surface area contributed by atoms with E-state index in [0.29, 0.717) is 11.7 Å². The third-order valence-corrected chi connectivity index (χ3v) is 3.86. The lowest BCUT2D eigenvalue weighted by molar-refractivity contribution is -0.118. The number of amides is 1. The number of aromatic nitrogens is 2. The maximum atomic E-state index is 11.5. The molecule has 96 valence electrons. The average Bonchev–Trinajstić information content (AvgIpc) is 2.64. The number of hydrogen-bond acceptors (Lipinski definition) is 5. The van der Waals surface area contributed by atoms with Crippen LogP contribution in [0.3, 0.4) is 0 Å². The van der Waals surface area contributed by atoms with Crippen LogP contribution in [-0.2, 0) is 10.5 Å². The smallest absolute Gasteiger partial charge is 0.230 e. The zero-order valence-electron chi connectivity index (χ0n) is 10.5. The van der Waals surface area contributed by atoms with Gasteiger partial charge in [-0.2, -0.15) is 8.75 Å². The topological polar surface area (TPSA) is 54.9 Å². The first-order valence-electron chi connectivity index (χ1n) is 5.72. The van der Waals surface area contributed by atoms with Gasteiger partial charge in [-0.25, -0.2) is 0 Å². The van der Waals surface area contributed by atoms with Gasteiger partial charge in [-0.1, -0.05) is 13.8 Å². The Bertz CT molecular complexity index is 352. The molecule has 0 bridgehead atoms. The summed E-state index contributed by atoms with van der Waals surface area (Å²) in [6.07, 6.45) is 1.03. The van der Waals surface area contributed by atoms with Crippen molar-refractivity contribution in [1.29, 1.82) is 0 Å². The predicted octanol–water partition coefficient (Wildman–Crippen LogP) is 2.24. The molecule has 0 radical (unpaired) electrons. The van der Waals surface area contributed by atoms with Gasteiger partial charge in [0.25, 0.3) is 0 Å². The van der Waals surface area contributed by atoms with Gasteiger partial charge >= 0.3 is 0 Å². The fraction of sp³-hybridized carbons (Fsp3) is 0.727. The van der Waals surface area contributed by atoms with E-state index >= 15 is 0 Å². The third kappa shape index (κ3) is 6.02. The molecule has 1 amide bonds. The number of carbonyl (C=O) groups is 1. The Hall–Kier alpha value is -0.620. The van der Waals surface area contributed by atoms with Crippen LogP contribution in [0, 0.1) is 12.8 Å². The molecule has 1 N–H and O–H groups in total. The Labute approximate surface area is 111 Å². The molecule has 6 heteroatoms. The van der Waals surface area contributed by atoms with Crippen molar-refractivity contribution in [3.05, 3.63) is 11.4 Å². The predicted molar refractivity (Wildman–Crippen MR) is 73.3 cm³/mol. The van der Waals surface area contributed by atoms with Gasteiger partial charge in [0.2, 0.25) is 5.91 Å². The Morgan fingerprint density at radius 2 is 2.24 bits per heavy atom. The minimum atomic E-state index is 0.108. The largest absolute Gasteiger partial charge is 0.355 e. The molecule has 0 aromatic carbocycles. The van der Waals surface area contributed by atoms with Crippen molar-refractivity contribution >= 4 is 29.4 Å². The molecule has 0 fully saturated rings. The second-order valence-electron chi connectivity index (χ2n) is 4.32. The van der Waals surface area contributed by atoms with Crippen molar-refractivity contribution in [2.45, 2.75) is 32.9 Å². The number of aryl methyl sites for hydroxylation is 1. The summed E-state index contributed by atoms with van der Waals surface area (Å²) in [6.45, 7) is 7.02. The summed E-state index contributed by atoms with van der Waals surface area (Å²) in [5.41, 5.74) is 1.97. The lowest BCUT2D eigenvalue weighted by atomic mass is 10.1. The normalized spacial score (nSPS) is 10.8. The number of nitrogens with one attached hydrogen (secondary N) is 1. The van der Waals surface area contributed by atoms with Crippen LogP contribution >= 0.6 is 23.5 Å². The minimum absolute atomic E-state index is 0.108. The monoisotopic (exact) mass is 273 g/mol. The van der Waals surface area contributed by atoms with Gasteiger partial charge in [0.05, 0.1) is 28.9 Å². The molecular formula is C11H19N3OS2. The highest BCUT2D eigenvalue weighted by Gasteiger charge is 2.06. The summed E-state index contributed by atoms with van der Waals surface area (Å²) in [5, 5.41) is 2.92. The van der Waals surface area contributed by atoms with Crippen molar-refractivity contribution in [3.63, 3.8) is 0 Å². The van der Waals surface area contributed by atoms with Crippen LogP contribution in [0.25, 0.3) is 0 Å². The molecule has 1 rings (SSSR count). The highest BCUT2D eigenvalue weighted by Crippen LogP contribution is 2.13. The van der Waals surface area contributed by atoms with Crippen molar-refractivity contribution < 1.29 is 4.79 Å². The van der Waals surface area contributed by atoms with E-state index in [1.54, 1.807) is 11.8 Å². The highest BCUT2D eigenvalue weighted by molar-refractivity contribution is 7.99. The van der Waals surface area contributed by atoms with E-state index in [4.69, 9.17) is 0 Å². The molecule has 0 unspecified atom stereocenters. The molecule has 0 saturated heterocycles. The van der Waals surface area contributed by atoms with Gasteiger partial charge in [0.1, 0.15) is 0 Å². The van der Waals surface area contributed by atoms with Crippen LogP contribution in [0.5, 0.6) is 0 Å². The minimum Gasteiger partial charge on any atom is -0.355 e. The molecule has 17 heavy (non-hydrogen) atoms. The molecule has 0 aliphatic carbocycles. The maximum absolute atomic E-state index is 11.5. The Kier molecular flexibility index (Phi) is 6.50. The molecule has 1 aromatic heterocycles. The molecule has 0 saturated carbocycles. The van der Waals surface area contributed by atoms with Gasteiger partial charge in [0.15, 0.2) is 0 Å². The lowest BCUT2D eigenvalue weighted by Crippen LogP contribution is -2.26. The van der Waals surface area contributed by atoms with Crippen LogP contribution in [0.4, 0.5) is 0 Å². The van der Waals surface area contributed by atoms with Gasteiger partial charge < -0.3 is 5.32 Å². The summed E-state index contributed by atoms with van der Waals surface area (Å²) < 4.78 is 8.28. The Morgan fingerprint density at radius 3 is 2.82 bits per heavy atom. The van der Waals surface area contributed by atoms with E-state index < -0.39 is 0 Å². The zero-order chi connectivity index (χ0) is 12.7. The van der Waals surface area contributed by atoms with Crippen molar-refractivity contribution in [2.75, 3.05) is 12.3 Å². The number of thioether (sulfide) groups is 1. The van der Waals surface area contributed by atoms with Crippen LogP contribution < -0.4 is 5.32 Å². The third-order valence-electron chi connectivity index (χ3n) is 2.26. The molecule has 0 aliphatic heterocycles. The van der Waals surface area contributed by atoms with Crippen molar-refractivity contribution in [1.82, 2.24) is 14.1 Å². The number of carbonyl (C=O) groups excluding carboxylic acids is 1. The van der Waals surface area contributed by atoms with Gasteiger partial charge in [-0.15, -0.1) is 11.8 Å². The Morgan fingerprint density at radius 1 is 1.47 bits per heavy atom. The van der Waals surface area contributed by atoms with E-state index in [9.17, 15) is 4.79 Å². The molecule has 0 atom stereocenters. The Balaban J connectivity index is 2.10. The summed E-state index contributed by atoms with van der Waals surface area (Å²) in [4.78, 5) is 11.5. The van der Waals surface area contributed by atoms with Crippen LogP contribution in [-0.4, -0.2) is 27.0 Å². The highest BCUT2D eigenvalue weighted by atomic mass is 32.2. The van der Waals surface area contributed by atoms with E-state index in [1.165, 1.54) is 11.7 Å². The molecule has 1 heterocycles.